The van der Waals surface area contributed by atoms with Gasteiger partial charge in [-0.05, 0) is 61.7 Å². The molecular formula is C19H18N2. The highest BCUT2D eigenvalue weighted by molar-refractivity contribution is 5.81. The average molecular weight is 274 g/mol. The van der Waals surface area contributed by atoms with Crippen LogP contribution in [0, 0.1) is 32.1 Å². The van der Waals surface area contributed by atoms with Gasteiger partial charge in [-0.2, -0.15) is 5.26 Å². The summed E-state index contributed by atoms with van der Waals surface area (Å²) in [6.07, 6.45) is 2.10. The van der Waals surface area contributed by atoms with Crippen molar-refractivity contribution in [3.05, 3.63) is 70.4 Å². The fraction of sp³-hybridized carbons (Fsp3) is 0.211. The lowest BCUT2D eigenvalue weighted by molar-refractivity contribution is 0.823. The van der Waals surface area contributed by atoms with Gasteiger partial charge in [0.25, 0.3) is 0 Å². The van der Waals surface area contributed by atoms with E-state index in [0.29, 0.717) is 5.56 Å². The van der Waals surface area contributed by atoms with Crippen LogP contribution in [0.2, 0.25) is 0 Å². The molecule has 3 rings (SSSR count). The number of benzene rings is 2. The van der Waals surface area contributed by atoms with E-state index in [2.05, 4.69) is 55.8 Å². The summed E-state index contributed by atoms with van der Waals surface area (Å²) < 4.78 is 2.25. The molecule has 0 spiro atoms. The van der Waals surface area contributed by atoms with Gasteiger partial charge in [-0.1, -0.05) is 17.7 Å². The van der Waals surface area contributed by atoms with Crippen molar-refractivity contribution in [2.45, 2.75) is 27.3 Å². The Morgan fingerprint density at radius 1 is 1.00 bits per heavy atom. The van der Waals surface area contributed by atoms with E-state index in [0.717, 1.165) is 11.9 Å². The molecular weight excluding hydrogens is 256 g/mol. The van der Waals surface area contributed by atoms with Gasteiger partial charge in [0.15, 0.2) is 0 Å². The minimum Gasteiger partial charge on any atom is -0.343 e. The van der Waals surface area contributed by atoms with E-state index in [1.165, 1.54) is 27.8 Å². The molecule has 0 unspecified atom stereocenters. The molecule has 0 radical (unpaired) electrons. The van der Waals surface area contributed by atoms with Crippen LogP contribution < -0.4 is 0 Å². The molecule has 1 heterocycles. The molecule has 0 aliphatic heterocycles. The second kappa shape index (κ2) is 5.10. The first-order valence-electron chi connectivity index (χ1n) is 7.14. The van der Waals surface area contributed by atoms with E-state index >= 15 is 0 Å². The summed E-state index contributed by atoms with van der Waals surface area (Å²) in [4.78, 5) is 0. The first-order valence-corrected chi connectivity index (χ1v) is 7.14. The van der Waals surface area contributed by atoms with Crippen molar-refractivity contribution in [3.63, 3.8) is 0 Å². The van der Waals surface area contributed by atoms with E-state index in [9.17, 15) is 0 Å². The molecule has 2 nitrogen and oxygen atoms in total. The molecule has 1 aromatic heterocycles. The lowest BCUT2D eigenvalue weighted by Crippen LogP contribution is -2.03. The van der Waals surface area contributed by atoms with Crippen LogP contribution in [0.1, 0.15) is 27.8 Å². The first-order chi connectivity index (χ1) is 10.1. The zero-order valence-corrected chi connectivity index (χ0v) is 12.6. The van der Waals surface area contributed by atoms with Gasteiger partial charge in [-0.25, -0.2) is 0 Å². The van der Waals surface area contributed by atoms with E-state index in [-0.39, 0.29) is 0 Å². The largest absolute Gasteiger partial charge is 0.343 e. The zero-order chi connectivity index (χ0) is 15.0. The highest BCUT2D eigenvalue weighted by atomic mass is 14.9. The third-order valence-electron chi connectivity index (χ3n) is 4.07. The summed E-state index contributed by atoms with van der Waals surface area (Å²) in [5.41, 5.74) is 7.24. The Morgan fingerprint density at radius 2 is 1.71 bits per heavy atom. The number of hydrogen-bond donors (Lipinski definition) is 0. The van der Waals surface area contributed by atoms with Gasteiger partial charge < -0.3 is 4.57 Å². The Hall–Kier alpha value is -2.53. The number of rotatable bonds is 2. The zero-order valence-electron chi connectivity index (χ0n) is 12.6. The fourth-order valence-corrected chi connectivity index (χ4v) is 3.04. The lowest BCUT2D eigenvalue weighted by Gasteiger charge is -2.13. The number of nitrogens with zero attached hydrogens (tertiary/aromatic N) is 2. The Bertz CT molecular complexity index is 840. The van der Waals surface area contributed by atoms with Crippen molar-refractivity contribution in [1.82, 2.24) is 4.57 Å². The monoisotopic (exact) mass is 274 g/mol. The molecule has 2 heteroatoms. The molecule has 0 aliphatic carbocycles. The molecule has 0 amide bonds. The Labute approximate surface area is 125 Å². The van der Waals surface area contributed by atoms with Crippen molar-refractivity contribution in [2.75, 3.05) is 0 Å². The van der Waals surface area contributed by atoms with Crippen LogP contribution in [0.15, 0.2) is 42.6 Å². The minimum atomic E-state index is 0.711. The first kappa shape index (κ1) is 13.5. The predicted octanol–water partition coefficient (Wildman–Crippen LogP) is 4.49. The SMILES string of the molecule is Cc1cc(C)c(Cn2ccc3cc(C#N)ccc32)c(C)c1. The van der Waals surface area contributed by atoms with Gasteiger partial charge in [0.05, 0.1) is 11.6 Å². The van der Waals surface area contributed by atoms with E-state index in [1.54, 1.807) is 0 Å². The van der Waals surface area contributed by atoms with Crippen molar-refractivity contribution >= 4 is 10.9 Å². The van der Waals surface area contributed by atoms with Gasteiger partial charge in [0.2, 0.25) is 0 Å². The minimum absolute atomic E-state index is 0.711. The molecule has 0 fully saturated rings. The molecule has 0 N–H and O–H groups in total. The van der Waals surface area contributed by atoms with Crippen LogP contribution in [0.25, 0.3) is 10.9 Å². The van der Waals surface area contributed by atoms with Gasteiger partial charge in [-0.3, -0.25) is 0 Å². The highest BCUT2D eigenvalue weighted by Crippen LogP contribution is 2.22. The second-order valence-electron chi connectivity index (χ2n) is 5.71. The van der Waals surface area contributed by atoms with Crippen LogP contribution in [0.5, 0.6) is 0 Å². The summed E-state index contributed by atoms with van der Waals surface area (Å²) in [5, 5.41) is 10.1. The average Bonchev–Trinajstić information content (AvgIpc) is 2.84. The topological polar surface area (TPSA) is 28.7 Å². The summed E-state index contributed by atoms with van der Waals surface area (Å²) in [6.45, 7) is 7.36. The van der Waals surface area contributed by atoms with Crippen LogP contribution in [-0.4, -0.2) is 4.57 Å². The molecule has 104 valence electrons. The number of nitriles is 1. The molecule has 0 atom stereocenters. The highest BCUT2D eigenvalue weighted by Gasteiger charge is 2.07. The lowest BCUT2D eigenvalue weighted by atomic mass is 10.00. The summed E-state index contributed by atoms with van der Waals surface area (Å²) >= 11 is 0. The third kappa shape index (κ3) is 2.43. The Kier molecular flexibility index (Phi) is 3.27. The maximum Gasteiger partial charge on any atom is 0.0991 e. The standard InChI is InChI=1S/C19H18N2/c1-13-8-14(2)18(15(3)9-13)12-21-7-6-17-10-16(11-20)4-5-19(17)21/h4-10H,12H2,1-3H3. The fourth-order valence-electron chi connectivity index (χ4n) is 3.04. The van der Waals surface area contributed by atoms with Crippen LogP contribution in [0.4, 0.5) is 0 Å². The molecule has 0 bridgehead atoms. The number of hydrogen-bond acceptors (Lipinski definition) is 1. The maximum absolute atomic E-state index is 8.98. The van der Waals surface area contributed by atoms with Crippen molar-refractivity contribution in [2.24, 2.45) is 0 Å². The second-order valence-corrected chi connectivity index (χ2v) is 5.71. The molecule has 2 aromatic carbocycles. The Morgan fingerprint density at radius 3 is 2.38 bits per heavy atom. The van der Waals surface area contributed by atoms with Crippen LogP contribution >= 0.6 is 0 Å². The summed E-state index contributed by atoms with van der Waals surface area (Å²) in [5.74, 6) is 0. The molecule has 21 heavy (non-hydrogen) atoms. The van der Waals surface area contributed by atoms with Crippen molar-refractivity contribution in [1.29, 1.82) is 5.26 Å². The third-order valence-corrected chi connectivity index (χ3v) is 4.07. The summed E-state index contributed by atoms with van der Waals surface area (Å²) in [7, 11) is 0. The molecule has 0 saturated heterocycles. The van der Waals surface area contributed by atoms with Crippen molar-refractivity contribution < 1.29 is 0 Å². The molecule has 0 saturated carbocycles. The van der Waals surface area contributed by atoms with Gasteiger partial charge in [0.1, 0.15) is 0 Å². The maximum atomic E-state index is 8.98. The normalized spacial score (nSPS) is 10.8. The Balaban J connectivity index is 2.05. The smallest absolute Gasteiger partial charge is 0.0991 e. The van der Waals surface area contributed by atoms with E-state index < -0.39 is 0 Å². The van der Waals surface area contributed by atoms with Gasteiger partial charge in [-0.15, -0.1) is 0 Å². The molecule has 3 aromatic rings. The predicted molar refractivity (Wildman–Crippen MR) is 86.4 cm³/mol. The van der Waals surface area contributed by atoms with Crippen molar-refractivity contribution in [3.8, 4) is 6.07 Å². The number of aryl methyl sites for hydroxylation is 3. The number of aromatic nitrogens is 1. The van der Waals surface area contributed by atoms with Crippen LogP contribution in [0.3, 0.4) is 0 Å². The van der Waals surface area contributed by atoms with Crippen LogP contribution in [-0.2, 0) is 6.54 Å². The van der Waals surface area contributed by atoms with E-state index in [4.69, 9.17) is 5.26 Å². The van der Waals surface area contributed by atoms with Gasteiger partial charge >= 0.3 is 0 Å². The molecule has 0 aliphatic rings. The quantitative estimate of drug-likeness (QED) is 0.677. The van der Waals surface area contributed by atoms with E-state index in [1.807, 2.05) is 18.2 Å². The van der Waals surface area contributed by atoms with Gasteiger partial charge in [0, 0.05) is 23.6 Å². The number of fused-ring (bicyclic) bond motifs is 1. The summed E-state index contributed by atoms with van der Waals surface area (Å²) in [6, 6.07) is 14.6.